The molecule has 0 aliphatic heterocycles. The van der Waals surface area contributed by atoms with Crippen LogP contribution in [0.4, 0.5) is 15.8 Å². The summed E-state index contributed by atoms with van der Waals surface area (Å²) >= 11 is 0. The second-order valence-corrected chi connectivity index (χ2v) is 4.28. The quantitative estimate of drug-likeness (QED) is 0.875. The van der Waals surface area contributed by atoms with Crippen molar-refractivity contribution in [1.82, 2.24) is 0 Å². The molecule has 104 valence electrons. The number of halogens is 1. The van der Waals surface area contributed by atoms with Crippen LogP contribution in [-0.2, 0) is 0 Å². The number of benzene rings is 2. The van der Waals surface area contributed by atoms with Crippen LogP contribution in [0.25, 0.3) is 0 Å². The van der Waals surface area contributed by atoms with E-state index in [2.05, 4.69) is 0 Å². The minimum Gasteiger partial charge on any atom is -0.496 e. The van der Waals surface area contributed by atoms with Crippen LogP contribution in [-0.4, -0.2) is 20.1 Å². The molecule has 0 spiro atoms. The number of nitrogens with zero attached hydrogens (tertiary/aromatic N) is 1. The van der Waals surface area contributed by atoms with Gasteiger partial charge >= 0.3 is 0 Å². The largest absolute Gasteiger partial charge is 0.496 e. The van der Waals surface area contributed by atoms with Crippen molar-refractivity contribution in [3.8, 4) is 5.75 Å². The van der Waals surface area contributed by atoms with Crippen molar-refractivity contribution >= 4 is 17.3 Å². The van der Waals surface area contributed by atoms with Crippen LogP contribution in [0.5, 0.6) is 5.75 Å². The Morgan fingerprint density at radius 3 is 2.60 bits per heavy atom. The number of para-hydroxylation sites is 1. The summed E-state index contributed by atoms with van der Waals surface area (Å²) in [4.78, 5) is 13.7. The molecule has 0 fully saturated rings. The van der Waals surface area contributed by atoms with Crippen molar-refractivity contribution in [2.75, 3.05) is 24.8 Å². The Balaban J connectivity index is 2.39. The Labute approximate surface area is 116 Å². The number of nitrogen functional groups attached to an aromatic ring is 1. The van der Waals surface area contributed by atoms with Gasteiger partial charge in [-0.2, -0.15) is 0 Å². The maximum absolute atomic E-state index is 13.7. The van der Waals surface area contributed by atoms with Gasteiger partial charge in [-0.25, -0.2) is 4.39 Å². The number of ether oxygens (including phenoxy) is 1. The lowest BCUT2D eigenvalue weighted by Crippen LogP contribution is -2.27. The molecule has 2 rings (SSSR count). The van der Waals surface area contributed by atoms with Crippen molar-refractivity contribution in [1.29, 1.82) is 0 Å². The number of rotatable bonds is 3. The molecule has 5 heteroatoms. The first-order chi connectivity index (χ1) is 9.54. The number of methoxy groups -OCH3 is 1. The molecule has 0 radical (unpaired) electrons. The minimum atomic E-state index is -0.460. The average Bonchev–Trinajstić information content (AvgIpc) is 2.46. The molecule has 2 N–H and O–H groups in total. The van der Waals surface area contributed by atoms with Gasteiger partial charge in [-0.05, 0) is 24.3 Å². The average molecular weight is 274 g/mol. The molecule has 2 aromatic rings. The summed E-state index contributed by atoms with van der Waals surface area (Å²) in [5.41, 5.74) is 6.67. The molecule has 20 heavy (non-hydrogen) atoms. The number of hydrogen-bond donors (Lipinski definition) is 1. The minimum absolute atomic E-state index is 0.205. The van der Waals surface area contributed by atoms with Gasteiger partial charge in [0.25, 0.3) is 5.91 Å². The van der Waals surface area contributed by atoms with E-state index in [4.69, 9.17) is 10.5 Å². The van der Waals surface area contributed by atoms with E-state index in [9.17, 15) is 9.18 Å². The maximum Gasteiger partial charge on any atom is 0.261 e. The fourth-order valence-corrected chi connectivity index (χ4v) is 1.90. The van der Waals surface area contributed by atoms with Gasteiger partial charge in [0.1, 0.15) is 11.6 Å². The Kier molecular flexibility index (Phi) is 3.89. The summed E-state index contributed by atoms with van der Waals surface area (Å²) in [5, 5.41) is 0. The summed E-state index contributed by atoms with van der Waals surface area (Å²) in [7, 11) is 2.96. The third-order valence-electron chi connectivity index (χ3n) is 2.97. The molecule has 0 unspecified atom stereocenters. The molecule has 0 heterocycles. The van der Waals surface area contributed by atoms with E-state index in [0.717, 1.165) is 0 Å². The smallest absolute Gasteiger partial charge is 0.261 e. The van der Waals surface area contributed by atoms with Gasteiger partial charge in [-0.15, -0.1) is 0 Å². The summed E-state index contributed by atoms with van der Waals surface area (Å²) in [6, 6.07) is 10.8. The van der Waals surface area contributed by atoms with Gasteiger partial charge in [0, 0.05) is 18.8 Å². The highest BCUT2D eigenvalue weighted by molar-refractivity contribution is 6.07. The Morgan fingerprint density at radius 1 is 1.25 bits per heavy atom. The molecule has 0 atom stereocenters. The van der Waals surface area contributed by atoms with Crippen LogP contribution in [0.15, 0.2) is 42.5 Å². The molecule has 0 saturated heterocycles. The van der Waals surface area contributed by atoms with E-state index in [1.54, 1.807) is 30.3 Å². The first kappa shape index (κ1) is 13.9. The van der Waals surface area contributed by atoms with Gasteiger partial charge < -0.3 is 15.4 Å². The van der Waals surface area contributed by atoms with Crippen molar-refractivity contribution in [2.24, 2.45) is 0 Å². The molecule has 2 aromatic carbocycles. The van der Waals surface area contributed by atoms with Crippen molar-refractivity contribution < 1.29 is 13.9 Å². The van der Waals surface area contributed by atoms with Gasteiger partial charge in [-0.3, -0.25) is 4.79 Å². The SMILES string of the molecule is COc1cc(N)ccc1C(=O)N(C)c1ccccc1F. The van der Waals surface area contributed by atoms with Crippen LogP contribution in [0.3, 0.4) is 0 Å². The summed E-state index contributed by atoms with van der Waals surface area (Å²) < 4.78 is 18.9. The monoisotopic (exact) mass is 274 g/mol. The normalized spacial score (nSPS) is 10.2. The second kappa shape index (κ2) is 5.61. The number of anilines is 2. The van der Waals surface area contributed by atoms with E-state index in [-0.39, 0.29) is 11.6 Å². The summed E-state index contributed by atoms with van der Waals surface area (Å²) in [6.07, 6.45) is 0. The molecule has 1 amide bonds. The molecular formula is C15H15FN2O2. The van der Waals surface area contributed by atoms with Gasteiger partial charge in [0.05, 0.1) is 18.4 Å². The van der Waals surface area contributed by atoms with Gasteiger partial charge in [-0.1, -0.05) is 12.1 Å². The zero-order valence-corrected chi connectivity index (χ0v) is 11.3. The van der Waals surface area contributed by atoms with E-state index in [0.29, 0.717) is 17.0 Å². The van der Waals surface area contributed by atoms with Crippen molar-refractivity contribution in [3.05, 3.63) is 53.8 Å². The highest BCUT2D eigenvalue weighted by Gasteiger charge is 2.19. The lowest BCUT2D eigenvalue weighted by molar-refractivity contribution is 0.0989. The second-order valence-electron chi connectivity index (χ2n) is 4.28. The summed E-state index contributed by atoms with van der Waals surface area (Å²) in [6.45, 7) is 0. The highest BCUT2D eigenvalue weighted by Crippen LogP contribution is 2.25. The third-order valence-corrected chi connectivity index (χ3v) is 2.97. The van der Waals surface area contributed by atoms with Crippen LogP contribution in [0.1, 0.15) is 10.4 Å². The number of nitrogens with two attached hydrogens (primary N) is 1. The molecular weight excluding hydrogens is 259 g/mol. The summed E-state index contributed by atoms with van der Waals surface area (Å²) in [5.74, 6) is -0.470. The Hall–Kier alpha value is -2.56. The van der Waals surface area contributed by atoms with Crippen LogP contribution in [0, 0.1) is 5.82 Å². The number of carbonyl (C=O) groups is 1. The number of hydrogen-bond acceptors (Lipinski definition) is 3. The van der Waals surface area contributed by atoms with Crippen LogP contribution < -0.4 is 15.4 Å². The standard InChI is InChI=1S/C15H15FN2O2/c1-18(13-6-4-3-5-12(13)16)15(19)11-8-7-10(17)9-14(11)20-2/h3-9H,17H2,1-2H3. The van der Waals surface area contributed by atoms with E-state index < -0.39 is 5.82 Å². The molecule has 0 bridgehead atoms. The zero-order chi connectivity index (χ0) is 14.7. The lowest BCUT2D eigenvalue weighted by atomic mass is 10.1. The molecule has 0 aliphatic rings. The third kappa shape index (κ3) is 2.56. The van der Waals surface area contributed by atoms with Crippen molar-refractivity contribution in [2.45, 2.75) is 0 Å². The number of carbonyl (C=O) groups excluding carboxylic acids is 1. The maximum atomic E-state index is 13.7. The Morgan fingerprint density at radius 2 is 1.95 bits per heavy atom. The highest BCUT2D eigenvalue weighted by atomic mass is 19.1. The van der Waals surface area contributed by atoms with Crippen LogP contribution in [0.2, 0.25) is 0 Å². The van der Waals surface area contributed by atoms with Crippen molar-refractivity contribution in [3.63, 3.8) is 0 Å². The predicted molar refractivity (Wildman–Crippen MR) is 76.5 cm³/mol. The lowest BCUT2D eigenvalue weighted by Gasteiger charge is -2.19. The van der Waals surface area contributed by atoms with Gasteiger partial charge in [0.15, 0.2) is 0 Å². The first-order valence-corrected chi connectivity index (χ1v) is 6.00. The molecule has 0 aliphatic carbocycles. The predicted octanol–water partition coefficient (Wildman–Crippen LogP) is 2.69. The fourth-order valence-electron chi connectivity index (χ4n) is 1.90. The van der Waals surface area contributed by atoms with E-state index in [1.165, 1.54) is 31.2 Å². The van der Waals surface area contributed by atoms with E-state index in [1.807, 2.05) is 0 Å². The van der Waals surface area contributed by atoms with E-state index >= 15 is 0 Å². The molecule has 0 aromatic heterocycles. The Bertz CT molecular complexity index is 644. The zero-order valence-electron chi connectivity index (χ0n) is 11.3. The molecule has 0 saturated carbocycles. The molecule has 4 nitrogen and oxygen atoms in total. The first-order valence-electron chi connectivity index (χ1n) is 6.00. The fraction of sp³-hybridized carbons (Fsp3) is 0.133. The number of amides is 1. The van der Waals surface area contributed by atoms with Crippen LogP contribution >= 0.6 is 0 Å². The van der Waals surface area contributed by atoms with Gasteiger partial charge in [0.2, 0.25) is 0 Å². The topological polar surface area (TPSA) is 55.6 Å².